The number of hydrogen-bond acceptors (Lipinski definition) is 4. The molecule has 0 aromatic heterocycles. The van der Waals surface area contributed by atoms with Crippen LogP contribution < -0.4 is 0 Å². The summed E-state index contributed by atoms with van der Waals surface area (Å²) in [5, 5.41) is 8.97. The molecule has 2 aromatic carbocycles. The molecule has 0 N–H and O–H groups in total. The van der Waals surface area contributed by atoms with E-state index in [2.05, 4.69) is 6.07 Å². The van der Waals surface area contributed by atoms with Crippen LogP contribution >= 0.6 is 11.6 Å². The van der Waals surface area contributed by atoms with E-state index in [0.29, 0.717) is 18.7 Å². The Morgan fingerprint density at radius 2 is 1.85 bits per heavy atom. The molecule has 0 aliphatic rings. The van der Waals surface area contributed by atoms with Crippen LogP contribution in [0.5, 0.6) is 0 Å². The lowest BCUT2D eigenvalue weighted by molar-refractivity contribution is 0.0743. The number of sulfone groups is 1. The van der Waals surface area contributed by atoms with Gasteiger partial charge in [0.2, 0.25) is 0 Å². The van der Waals surface area contributed by atoms with Gasteiger partial charge in [-0.05, 0) is 42.3 Å². The number of nitrogens with zero attached hydrogens (tertiary/aromatic N) is 2. The Balaban J connectivity index is 2.32. The molecule has 0 saturated carbocycles. The van der Waals surface area contributed by atoms with Crippen LogP contribution in [0.2, 0.25) is 5.02 Å². The third kappa shape index (κ3) is 4.84. The van der Waals surface area contributed by atoms with Crippen molar-refractivity contribution in [3.63, 3.8) is 0 Å². The van der Waals surface area contributed by atoms with Crippen LogP contribution in [0.15, 0.2) is 47.4 Å². The van der Waals surface area contributed by atoms with E-state index in [1.54, 1.807) is 29.2 Å². The van der Waals surface area contributed by atoms with Gasteiger partial charge in [0.1, 0.15) is 0 Å². The highest BCUT2D eigenvalue weighted by atomic mass is 35.5. The third-order valence-electron chi connectivity index (χ3n) is 3.81. The van der Waals surface area contributed by atoms with Gasteiger partial charge in [-0.3, -0.25) is 4.79 Å². The average Bonchev–Trinajstić information content (AvgIpc) is 2.61. The van der Waals surface area contributed by atoms with E-state index in [1.165, 1.54) is 18.2 Å². The lowest BCUT2D eigenvalue weighted by Crippen LogP contribution is -2.31. The standard InChI is InChI=1S/C19H19ClN2O3S/c1-3-10-22(13-15-6-4-14(12-21)5-7-15)19(23)16-8-9-17(20)18(11-16)26(2,24)25/h4-9,11H,3,10,13H2,1-2H3. The number of benzene rings is 2. The minimum Gasteiger partial charge on any atom is -0.334 e. The van der Waals surface area contributed by atoms with E-state index in [4.69, 9.17) is 16.9 Å². The van der Waals surface area contributed by atoms with Crippen molar-refractivity contribution in [2.75, 3.05) is 12.8 Å². The minimum atomic E-state index is -3.53. The second-order valence-corrected chi connectivity index (χ2v) is 8.34. The van der Waals surface area contributed by atoms with Crippen molar-refractivity contribution in [2.45, 2.75) is 24.8 Å². The van der Waals surface area contributed by atoms with E-state index >= 15 is 0 Å². The molecule has 1 amide bonds. The normalized spacial score (nSPS) is 11.0. The fraction of sp³-hybridized carbons (Fsp3) is 0.263. The second kappa shape index (κ2) is 8.35. The smallest absolute Gasteiger partial charge is 0.254 e. The van der Waals surface area contributed by atoms with Crippen LogP contribution in [0.25, 0.3) is 0 Å². The average molecular weight is 391 g/mol. The maximum absolute atomic E-state index is 12.9. The van der Waals surface area contributed by atoms with E-state index in [9.17, 15) is 13.2 Å². The highest BCUT2D eigenvalue weighted by Crippen LogP contribution is 2.23. The lowest BCUT2D eigenvalue weighted by atomic mass is 10.1. The van der Waals surface area contributed by atoms with Gasteiger partial charge >= 0.3 is 0 Å². The topological polar surface area (TPSA) is 78.2 Å². The van der Waals surface area contributed by atoms with Gasteiger partial charge < -0.3 is 4.90 Å². The summed E-state index contributed by atoms with van der Waals surface area (Å²) < 4.78 is 23.7. The Bertz CT molecular complexity index is 948. The SMILES string of the molecule is CCCN(Cc1ccc(C#N)cc1)C(=O)c1ccc(Cl)c(S(C)(=O)=O)c1. The first kappa shape index (κ1) is 20.0. The summed E-state index contributed by atoms with van der Waals surface area (Å²) in [6.45, 7) is 2.85. The van der Waals surface area contributed by atoms with Crippen molar-refractivity contribution in [3.05, 3.63) is 64.2 Å². The number of carbonyl (C=O) groups excluding carboxylic acids is 1. The highest BCUT2D eigenvalue weighted by molar-refractivity contribution is 7.90. The molecule has 2 rings (SSSR count). The Kier molecular flexibility index (Phi) is 6.41. The van der Waals surface area contributed by atoms with E-state index in [1.807, 2.05) is 6.92 Å². The number of halogens is 1. The molecule has 0 atom stereocenters. The zero-order chi connectivity index (χ0) is 19.3. The molecule has 0 aliphatic heterocycles. The van der Waals surface area contributed by atoms with Crippen molar-refractivity contribution >= 4 is 27.3 Å². The van der Waals surface area contributed by atoms with Crippen LogP contribution in [-0.2, 0) is 16.4 Å². The van der Waals surface area contributed by atoms with E-state index in [-0.39, 0.29) is 21.4 Å². The zero-order valence-electron chi connectivity index (χ0n) is 14.6. The Hall–Kier alpha value is -2.36. The Morgan fingerprint density at radius 3 is 2.38 bits per heavy atom. The maximum Gasteiger partial charge on any atom is 0.254 e. The highest BCUT2D eigenvalue weighted by Gasteiger charge is 2.20. The first-order chi connectivity index (χ1) is 12.3. The van der Waals surface area contributed by atoms with E-state index in [0.717, 1.165) is 18.2 Å². The second-order valence-electron chi connectivity index (χ2n) is 5.95. The molecular formula is C19H19ClN2O3S. The van der Waals surface area contributed by atoms with Crippen molar-refractivity contribution in [1.82, 2.24) is 4.90 Å². The molecule has 26 heavy (non-hydrogen) atoms. The quantitative estimate of drug-likeness (QED) is 0.753. The number of nitriles is 1. The van der Waals surface area contributed by atoms with E-state index < -0.39 is 9.84 Å². The first-order valence-corrected chi connectivity index (χ1v) is 10.3. The molecule has 0 heterocycles. The molecule has 0 bridgehead atoms. The number of rotatable bonds is 6. The summed E-state index contributed by atoms with van der Waals surface area (Å²) in [6.07, 6.45) is 1.82. The molecular weight excluding hydrogens is 372 g/mol. The molecule has 0 saturated heterocycles. The molecule has 0 aliphatic carbocycles. The van der Waals surface area contributed by atoms with Crippen LogP contribution in [0, 0.1) is 11.3 Å². The van der Waals surface area contributed by atoms with Crippen molar-refractivity contribution in [2.24, 2.45) is 0 Å². The van der Waals surface area contributed by atoms with Gasteiger partial charge in [0, 0.05) is 24.9 Å². The molecule has 7 heteroatoms. The molecule has 2 aromatic rings. The van der Waals surface area contributed by atoms with Gasteiger partial charge in [-0.1, -0.05) is 30.7 Å². The zero-order valence-corrected chi connectivity index (χ0v) is 16.1. The first-order valence-electron chi connectivity index (χ1n) is 8.04. The summed E-state index contributed by atoms with van der Waals surface area (Å²) in [7, 11) is -3.53. The fourth-order valence-electron chi connectivity index (χ4n) is 2.53. The number of carbonyl (C=O) groups is 1. The molecule has 0 spiro atoms. The fourth-order valence-corrected chi connectivity index (χ4v) is 3.83. The summed E-state index contributed by atoms with van der Waals surface area (Å²) >= 11 is 5.95. The van der Waals surface area contributed by atoms with Crippen LogP contribution in [0.3, 0.4) is 0 Å². The molecule has 0 unspecified atom stereocenters. The molecule has 136 valence electrons. The molecule has 0 radical (unpaired) electrons. The predicted molar refractivity (Wildman–Crippen MR) is 101 cm³/mol. The molecule has 5 nitrogen and oxygen atoms in total. The van der Waals surface area contributed by atoms with Gasteiger partial charge in [-0.25, -0.2) is 8.42 Å². The van der Waals surface area contributed by atoms with Crippen LogP contribution in [0.4, 0.5) is 0 Å². The van der Waals surface area contributed by atoms with Crippen molar-refractivity contribution < 1.29 is 13.2 Å². The third-order valence-corrected chi connectivity index (χ3v) is 5.39. The van der Waals surface area contributed by atoms with Gasteiger partial charge in [0.15, 0.2) is 9.84 Å². The maximum atomic E-state index is 12.9. The number of amides is 1. The Morgan fingerprint density at radius 1 is 1.19 bits per heavy atom. The largest absolute Gasteiger partial charge is 0.334 e. The summed E-state index contributed by atoms with van der Waals surface area (Å²) in [4.78, 5) is 14.5. The monoisotopic (exact) mass is 390 g/mol. The molecule has 0 fully saturated rings. The van der Waals surface area contributed by atoms with Gasteiger partial charge in [-0.15, -0.1) is 0 Å². The lowest BCUT2D eigenvalue weighted by Gasteiger charge is -2.23. The van der Waals surface area contributed by atoms with Crippen LogP contribution in [0.1, 0.15) is 34.8 Å². The minimum absolute atomic E-state index is 0.0557. The van der Waals surface area contributed by atoms with Crippen molar-refractivity contribution in [1.29, 1.82) is 5.26 Å². The summed E-state index contributed by atoms with van der Waals surface area (Å²) in [5.41, 5.74) is 1.72. The summed E-state index contributed by atoms with van der Waals surface area (Å²) in [6, 6.07) is 13.3. The van der Waals surface area contributed by atoms with Gasteiger partial charge in [0.05, 0.1) is 21.6 Å². The van der Waals surface area contributed by atoms with Gasteiger partial charge in [0.25, 0.3) is 5.91 Å². The summed E-state index contributed by atoms with van der Waals surface area (Å²) in [5.74, 6) is -0.266. The van der Waals surface area contributed by atoms with Gasteiger partial charge in [-0.2, -0.15) is 5.26 Å². The predicted octanol–water partition coefficient (Wildman–Crippen LogP) is 3.67. The Labute approximate surface area is 158 Å². The number of hydrogen-bond donors (Lipinski definition) is 0. The van der Waals surface area contributed by atoms with Crippen LogP contribution in [-0.4, -0.2) is 32.0 Å². The van der Waals surface area contributed by atoms with Crippen molar-refractivity contribution in [3.8, 4) is 6.07 Å².